The quantitative estimate of drug-likeness (QED) is 0.885. The lowest BCUT2D eigenvalue weighted by Crippen LogP contribution is -2.26. The number of aryl methyl sites for hydroxylation is 1. The van der Waals surface area contributed by atoms with Crippen LogP contribution < -0.4 is 0 Å². The summed E-state index contributed by atoms with van der Waals surface area (Å²) in [6, 6.07) is 18.2. The van der Waals surface area contributed by atoms with Gasteiger partial charge >= 0.3 is 0 Å². The molecule has 2 aromatic rings. The standard InChI is InChI=1S/C18H20N2O/c1-15-11-17(12-19)7-8-18(15)14-20(9-10-21)13-16-5-3-2-4-6-16/h2-8,11,21H,9-10,13-14H2,1H3. The summed E-state index contributed by atoms with van der Waals surface area (Å²) in [5.41, 5.74) is 4.23. The fraction of sp³-hybridized carbons (Fsp3) is 0.278. The molecule has 0 aliphatic carbocycles. The fourth-order valence-corrected chi connectivity index (χ4v) is 2.38. The molecule has 2 aromatic carbocycles. The molecule has 0 heterocycles. The van der Waals surface area contributed by atoms with Gasteiger partial charge in [-0.25, -0.2) is 0 Å². The molecule has 0 fully saturated rings. The van der Waals surface area contributed by atoms with Crippen molar-refractivity contribution in [1.82, 2.24) is 4.90 Å². The van der Waals surface area contributed by atoms with E-state index in [2.05, 4.69) is 23.1 Å². The van der Waals surface area contributed by atoms with Crippen LogP contribution in [0.2, 0.25) is 0 Å². The Balaban J connectivity index is 2.11. The highest BCUT2D eigenvalue weighted by atomic mass is 16.3. The molecule has 1 N–H and O–H groups in total. The molecule has 0 amide bonds. The molecule has 108 valence electrons. The summed E-state index contributed by atoms with van der Waals surface area (Å²) in [6.07, 6.45) is 0. The third-order valence-corrected chi connectivity index (χ3v) is 3.53. The summed E-state index contributed by atoms with van der Waals surface area (Å²) in [7, 11) is 0. The Hall–Kier alpha value is -2.15. The van der Waals surface area contributed by atoms with Crippen molar-refractivity contribution >= 4 is 0 Å². The molecule has 3 heteroatoms. The molecule has 2 rings (SSSR count). The predicted octanol–water partition coefficient (Wildman–Crippen LogP) is 2.86. The molecular formula is C18H20N2O. The largest absolute Gasteiger partial charge is 0.395 e. The van der Waals surface area contributed by atoms with Gasteiger partial charge in [0.15, 0.2) is 0 Å². The molecule has 0 bridgehead atoms. The van der Waals surface area contributed by atoms with Crippen LogP contribution in [0.25, 0.3) is 0 Å². The van der Waals surface area contributed by atoms with E-state index in [0.29, 0.717) is 12.1 Å². The SMILES string of the molecule is Cc1cc(C#N)ccc1CN(CCO)Cc1ccccc1. The molecule has 0 spiro atoms. The van der Waals surface area contributed by atoms with Crippen LogP contribution >= 0.6 is 0 Å². The van der Waals surface area contributed by atoms with E-state index in [-0.39, 0.29) is 6.61 Å². The van der Waals surface area contributed by atoms with Gasteiger partial charge in [-0.15, -0.1) is 0 Å². The average Bonchev–Trinajstić information content (AvgIpc) is 2.50. The summed E-state index contributed by atoms with van der Waals surface area (Å²) in [4.78, 5) is 2.21. The van der Waals surface area contributed by atoms with Gasteiger partial charge in [0.1, 0.15) is 0 Å². The zero-order valence-corrected chi connectivity index (χ0v) is 12.3. The summed E-state index contributed by atoms with van der Waals surface area (Å²) in [5, 5.41) is 18.2. The van der Waals surface area contributed by atoms with E-state index >= 15 is 0 Å². The highest BCUT2D eigenvalue weighted by Crippen LogP contribution is 2.15. The van der Waals surface area contributed by atoms with Crippen LogP contribution in [0.4, 0.5) is 0 Å². The lowest BCUT2D eigenvalue weighted by Gasteiger charge is -2.22. The molecule has 0 saturated heterocycles. The Bertz CT molecular complexity index is 617. The minimum atomic E-state index is 0.141. The van der Waals surface area contributed by atoms with Gasteiger partial charge in [-0.3, -0.25) is 4.90 Å². The number of aliphatic hydroxyl groups excluding tert-OH is 1. The van der Waals surface area contributed by atoms with Gasteiger partial charge in [-0.2, -0.15) is 5.26 Å². The summed E-state index contributed by atoms with van der Waals surface area (Å²) in [6.45, 7) is 4.38. The Labute approximate surface area is 126 Å². The Morgan fingerprint density at radius 1 is 1.10 bits per heavy atom. The molecule has 0 radical (unpaired) electrons. The first-order valence-electron chi connectivity index (χ1n) is 7.09. The smallest absolute Gasteiger partial charge is 0.0991 e. The second-order valence-corrected chi connectivity index (χ2v) is 5.17. The molecule has 0 aliphatic heterocycles. The van der Waals surface area contributed by atoms with Gasteiger partial charge in [0.05, 0.1) is 18.2 Å². The molecule has 0 atom stereocenters. The molecule has 0 saturated carbocycles. The Morgan fingerprint density at radius 2 is 1.86 bits per heavy atom. The van der Waals surface area contributed by atoms with Gasteiger partial charge in [0.2, 0.25) is 0 Å². The number of hydrogen-bond acceptors (Lipinski definition) is 3. The van der Waals surface area contributed by atoms with E-state index in [4.69, 9.17) is 5.26 Å². The van der Waals surface area contributed by atoms with Crippen molar-refractivity contribution in [3.8, 4) is 6.07 Å². The van der Waals surface area contributed by atoms with Crippen molar-refractivity contribution in [2.24, 2.45) is 0 Å². The third kappa shape index (κ3) is 4.42. The first kappa shape index (κ1) is 15.2. The van der Waals surface area contributed by atoms with Crippen LogP contribution in [-0.2, 0) is 13.1 Å². The fourth-order valence-electron chi connectivity index (χ4n) is 2.38. The van der Waals surface area contributed by atoms with Gasteiger partial charge in [-0.05, 0) is 35.7 Å². The van der Waals surface area contributed by atoms with Crippen molar-refractivity contribution in [1.29, 1.82) is 5.26 Å². The van der Waals surface area contributed by atoms with Gasteiger partial charge < -0.3 is 5.11 Å². The molecule has 0 unspecified atom stereocenters. The van der Waals surface area contributed by atoms with Crippen LogP contribution in [-0.4, -0.2) is 23.2 Å². The number of benzene rings is 2. The normalized spacial score (nSPS) is 10.6. The van der Waals surface area contributed by atoms with Crippen LogP contribution in [0.3, 0.4) is 0 Å². The lowest BCUT2D eigenvalue weighted by molar-refractivity contribution is 0.184. The van der Waals surface area contributed by atoms with E-state index in [1.807, 2.05) is 43.3 Å². The predicted molar refractivity (Wildman–Crippen MR) is 83.5 cm³/mol. The maximum Gasteiger partial charge on any atom is 0.0991 e. The van der Waals surface area contributed by atoms with Crippen LogP contribution in [0.1, 0.15) is 22.3 Å². The van der Waals surface area contributed by atoms with Gasteiger partial charge in [0.25, 0.3) is 0 Å². The monoisotopic (exact) mass is 280 g/mol. The average molecular weight is 280 g/mol. The summed E-state index contributed by atoms with van der Waals surface area (Å²) in [5.74, 6) is 0. The zero-order valence-electron chi connectivity index (χ0n) is 12.3. The summed E-state index contributed by atoms with van der Waals surface area (Å²) >= 11 is 0. The van der Waals surface area contributed by atoms with Crippen molar-refractivity contribution in [2.75, 3.05) is 13.2 Å². The molecule has 0 aromatic heterocycles. The number of rotatable bonds is 6. The number of aliphatic hydroxyl groups is 1. The number of nitrogens with zero attached hydrogens (tertiary/aromatic N) is 2. The number of nitriles is 1. The van der Waals surface area contributed by atoms with Crippen molar-refractivity contribution < 1.29 is 5.11 Å². The van der Waals surface area contributed by atoms with Gasteiger partial charge in [0, 0.05) is 19.6 Å². The molecule has 0 aliphatic rings. The van der Waals surface area contributed by atoms with Gasteiger partial charge in [-0.1, -0.05) is 36.4 Å². The second-order valence-electron chi connectivity index (χ2n) is 5.17. The second kappa shape index (κ2) is 7.58. The highest BCUT2D eigenvalue weighted by Gasteiger charge is 2.09. The lowest BCUT2D eigenvalue weighted by atomic mass is 10.0. The molecular weight excluding hydrogens is 260 g/mol. The molecule has 3 nitrogen and oxygen atoms in total. The van der Waals surface area contributed by atoms with E-state index in [0.717, 1.165) is 18.7 Å². The molecule has 21 heavy (non-hydrogen) atoms. The summed E-state index contributed by atoms with van der Waals surface area (Å²) < 4.78 is 0. The van der Waals surface area contributed by atoms with Crippen molar-refractivity contribution in [2.45, 2.75) is 20.0 Å². The first-order chi connectivity index (χ1) is 10.2. The Morgan fingerprint density at radius 3 is 2.48 bits per heavy atom. The Kier molecular flexibility index (Phi) is 5.51. The minimum absolute atomic E-state index is 0.141. The maximum absolute atomic E-state index is 9.26. The zero-order chi connectivity index (χ0) is 15.1. The number of hydrogen-bond donors (Lipinski definition) is 1. The third-order valence-electron chi connectivity index (χ3n) is 3.53. The van der Waals surface area contributed by atoms with Crippen LogP contribution in [0, 0.1) is 18.3 Å². The van der Waals surface area contributed by atoms with Crippen molar-refractivity contribution in [3.63, 3.8) is 0 Å². The van der Waals surface area contributed by atoms with E-state index in [1.54, 1.807) is 0 Å². The maximum atomic E-state index is 9.26. The van der Waals surface area contributed by atoms with Crippen molar-refractivity contribution in [3.05, 3.63) is 70.8 Å². The van der Waals surface area contributed by atoms with E-state index in [1.165, 1.54) is 11.1 Å². The first-order valence-corrected chi connectivity index (χ1v) is 7.09. The van der Waals surface area contributed by atoms with Crippen LogP contribution in [0.15, 0.2) is 48.5 Å². The highest BCUT2D eigenvalue weighted by molar-refractivity contribution is 5.37. The minimum Gasteiger partial charge on any atom is -0.395 e. The topological polar surface area (TPSA) is 47.3 Å². The van der Waals surface area contributed by atoms with Crippen LogP contribution in [0.5, 0.6) is 0 Å². The van der Waals surface area contributed by atoms with E-state index in [9.17, 15) is 5.11 Å². The van der Waals surface area contributed by atoms with E-state index < -0.39 is 0 Å².